The van der Waals surface area contributed by atoms with E-state index in [-0.39, 0.29) is 21.7 Å². The number of benzene rings is 8. The molecule has 0 aromatic heterocycles. The Morgan fingerprint density at radius 3 is 1.48 bits per heavy atom. The van der Waals surface area contributed by atoms with Crippen molar-refractivity contribution in [3.63, 3.8) is 0 Å². The molecule has 12 rings (SSSR count). The number of anilines is 6. The van der Waals surface area contributed by atoms with Gasteiger partial charge < -0.3 is 9.80 Å². The first kappa shape index (κ1) is 35.6. The highest BCUT2D eigenvalue weighted by molar-refractivity contribution is 6.10. The van der Waals surface area contributed by atoms with E-state index in [0.717, 1.165) is 11.4 Å². The van der Waals surface area contributed by atoms with Crippen molar-refractivity contribution >= 4 is 44.9 Å². The molecule has 2 nitrogen and oxygen atoms in total. The maximum Gasteiger partial charge on any atom is 0.0543 e. The smallest absolute Gasteiger partial charge is 0.0543 e. The van der Waals surface area contributed by atoms with E-state index in [2.05, 4.69) is 223 Å². The molecule has 0 atom stereocenters. The third-order valence-electron chi connectivity index (χ3n) is 15.2. The minimum absolute atomic E-state index is 0.103. The minimum atomic E-state index is -0.225. The van der Waals surface area contributed by atoms with Gasteiger partial charge in [-0.15, -0.1) is 0 Å². The largest absolute Gasteiger partial charge is 0.310 e. The summed E-state index contributed by atoms with van der Waals surface area (Å²) in [6, 6.07) is 59.7. The van der Waals surface area contributed by atoms with Gasteiger partial charge in [0, 0.05) is 38.4 Å². The highest BCUT2D eigenvalue weighted by Gasteiger charge is 2.48. The van der Waals surface area contributed by atoms with E-state index in [9.17, 15) is 0 Å². The Morgan fingerprint density at radius 2 is 0.817 bits per heavy atom. The predicted molar refractivity (Wildman–Crippen MR) is 253 cm³/mol. The van der Waals surface area contributed by atoms with Gasteiger partial charge in [-0.05, 0) is 133 Å². The SMILES string of the molecule is CC1(C)c2cc3c(cc2-c2cc4c(cc21)N1c2ccccc2C(C)(C)c2cccc(c21)C4(C)C)C(C)(C)c1cc(N(c2ccccc2)c2ccccc2)c2ccccc2c1-3. The zero-order valence-corrected chi connectivity index (χ0v) is 35.9. The third kappa shape index (κ3) is 4.39. The lowest BCUT2D eigenvalue weighted by Crippen LogP contribution is -2.38. The van der Waals surface area contributed by atoms with Crippen LogP contribution in [0.2, 0.25) is 0 Å². The molecule has 0 bridgehead atoms. The molecule has 8 aromatic carbocycles. The molecule has 0 unspecified atom stereocenters. The monoisotopic (exact) mass is 774 g/mol. The summed E-state index contributed by atoms with van der Waals surface area (Å²) < 4.78 is 0. The summed E-state index contributed by atoms with van der Waals surface area (Å²) in [7, 11) is 0. The summed E-state index contributed by atoms with van der Waals surface area (Å²) in [5.74, 6) is 0. The summed E-state index contributed by atoms with van der Waals surface area (Å²) in [6.45, 7) is 19.5. The van der Waals surface area contributed by atoms with Gasteiger partial charge in [0.2, 0.25) is 0 Å². The van der Waals surface area contributed by atoms with Crippen LogP contribution in [-0.2, 0) is 21.7 Å². The standard InChI is InChI=1S/C58H50N2/c1-55(2)42-26-17-18-29-50(42)60-52-33-47-40(31-48(52)56(3,4)44-28-19-27-43(55)54(44)60)39-30-46-41(32-45(39)57(47,5)6)53-38-25-16-15-24-37(38)51(34-49(53)58(46,7)8)59(35-20-11-9-12-21-35)36-22-13-10-14-23-36/h9-34H,1-8H3. The highest BCUT2D eigenvalue weighted by atomic mass is 15.2. The van der Waals surface area contributed by atoms with Crippen LogP contribution in [0.1, 0.15) is 99.9 Å². The van der Waals surface area contributed by atoms with Crippen molar-refractivity contribution in [2.75, 3.05) is 9.80 Å². The quantitative estimate of drug-likeness (QED) is 0.176. The number of fused-ring (bicyclic) bond motifs is 12. The van der Waals surface area contributed by atoms with Crippen molar-refractivity contribution in [3.8, 4) is 22.3 Å². The maximum absolute atomic E-state index is 2.61. The van der Waals surface area contributed by atoms with Gasteiger partial charge in [0.25, 0.3) is 0 Å². The maximum atomic E-state index is 2.61. The molecule has 0 saturated carbocycles. The van der Waals surface area contributed by atoms with Crippen LogP contribution >= 0.6 is 0 Å². The van der Waals surface area contributed by atoms with Crippen molar-refractivity contribution in [1.29, 1.82) is 0 Å². The van der Waals surface area contributed by atoms with Gasteiger partial charge in [0.05, 0.1) is 22.7 Å². The topological polar surface area (TPSA) is 6.48 Å². The normalized spacial score (nSPS) is 17.2. The number of nitrogens with zero attached hydrogens (tertiary/aromatic N) is 2. The first-order valence-corrected chi connectivity index (χ1v) is 21.7. The molecule has 60 heavy (non-hydrogen) atoms. The molecule has 292 valence electrons. The van der Waals surface area contributed by atoms with Crippen LogP contribution in [0.4, 0.5) is 34.1 Å². The van der Waals surface area contributed by atoms with Crippen molar-refractivity contribution in [3.05, 3.63) is 202 Å². The van der Waals surface area contributed by atoms with Crippen molar-refractivity contribution < 1.29 is 0 Å². The van der Waals surface area contributed by atoms with E-state index >= 15 is 0 Å². The second kappa shape index (κ2) is 11.7. The van der Waals surface area contributed by atoms with E-state index < -0.39 is 0 Å². The third-order valence-corrected chi connectivity index (χ3v) is 15.2. The first-order chi connectivity index (χ1) is 28.8. The molecule has 0 spiro atoms. The van der Waals surface area contributed by atoms with E-state index in [1.807, 2.05) is 0 Å². The van der Waals surface area contributed by atoms with Crippen LogP contribution in [0.5, 0.6) is 0 Å². The lowest BCUT2D eigenvalue weighted by atomic mass is 9.66. The molecule has 2 aliphatic heterocycles. The first-order valence-electron chi connectivity index (χ1n) is 21.7. The summed E-state index contributed by atoms with van der Waals surface area (Å²) in [5, 5.41) is 2.56. The van der Waals surface area contributed by atoms with E-state index in [1.165, 1.54) is 100 Å². The lowest BCUT2D eigenvalue weighted by molar-refractivity contribution is 0.596. The van der Waals surface area contributed by atoms with Crippen molar-refractivity contribution in [2.24, 2.45) is 0 Å². The van der Waals surface area contributed by atoms with Crippen LogP contribution < -0.4 is 9.80 Å². The van der Waals surface area contributed by atoms with Crippen LogP contribution in [0.25, 0.3) is 33.0 Å². The van der Waals surface area contributed by atoms with Gasteiger partial charge in [0.15, 0.2) is 0 Å². The Morgan fingerprint density at radius 1 is 0.350 bits per heavy atom. The van der Waals surface area contributed by atoms with Gasteiger partial charge in [-0.25, -0.2) is 0 Å². The number of hydrogen-bond donors (Lipinski definition) is 0. The second-order valence-electron chi connectivity index (χ2n) is 19.8. The van der Waals surface area contributed by atoms with Crippen molar-refractivity contribution in [1.82, 2.24) is 0 Å². The summed E-state index contributed by atoms with van der Waals surface area (Å²) in [6.07, 6.45) is 0. The number of para-hydroxylation sites is 4. The average molecular weight is 775 g/mol. The molecular weight excluding hydrogens is 725 g/mol. The second-order valence-corrected chi connectivity index (χ2v) is 19.8. The molecule has 8 aromatic rings. The van der Waals surface area contributed by atoms with E-state index in [4.69, 9.17) is 0 Å². The molecule has 0 amide bonds. The zero-order valence-electron chi connectivity index (χ0n) is 35.9. The fourth-order valence-corrected chi connectivity index (χ4v) is 11.9. The fraction of sp³-hybridized carbons (Fsp3) is 0.207. The molecule has 0 N–H and O–H groups in total. The number of hydrogen-bond acceptors (Lipinski definition) is 2. The van der Waals surface area contributed by atoms with E-state index in [0.29, 0.717) is 0 Å². The van der Waals surface area contributed by atoms with Crippen LogP contribution in [-0.4, -0.2) is 0 Å². The van der Waals surface area contributed by atoms with Gasteiger partial charge in [-0.2, -0.15) is 0 Å². The number of rotatable bonds is 3. The molecular formula is C58H50N2. The Kier molecular flexibility index (Phi) is 6.91. The van der Waals surface area contributed by atoms with Crippen LogP contribution in [0.3, 0.4) is 0 Å². The lowest BCUT2D eigenvalue weighted by Gasteiger charge is -2.49. The Hall–Kier alpha value is -6.38. The zero-order chi connectivity index (χ0) is 41.1. The van der Waals surface area contributed by atoms with Crippen molar-refractivity contribution in [2.45, 2.75) is 77.0 Å². The Bertz CT molecular complexity index is 3110. The van der Waals surface area contributed by atoms with Gasteiger partial charge in [-0.1, -0.05) is 152 Å². The molecule has 0 radical (unpaired) electrons. The van der Waals surface area contributed by atoms with E-state index in [1.54, 1.807) is 0 Å². The molecule has 4 aliphatic rings. The predicted octanol–water partition coefficient (Wildman–Crippen LogP) is 15.7. The minimum Gasteiger partial charge on any atom is -0.310 e. The Balaban J connectivity index is 1.08. The van der Waals surface area contributed by atoms with Gasteiger partial charge in [-0.3, -0.25) is 0 Å². The summed E-state index contributed by atoms with van der Waals surface area (Å²) in [4.78, 5) is 5.05. The molecule has 0 saturated heterocycles. The highest BCUT2D eigenvalue weighted by Crippen LogP contribution is 2.64. The van der Waals surface area contributed by atoms with Crippen LogP contribution in [0.15, 0.2) is 158 Å². The summed E-state index contributed by atoms with van der Waals surface area (Å²) in [5.41, 5.74) is 23.5. The fourth-order valence-electron chi connectivity index (χ4n) is 11.9. The Labute approximate surface area is 354 Å². The molecule has 0 fully saturated rings. The molecule has 2 heterocycles. The molecule has 2 heteroatoms. The summed E-state index contributed by atoms with van der Waals surface area (Å²) >= 11 is 0. The van der Waals surface area contributed by atoms with Gasteiger partial charge in [0.1, 0.15) is 0 Å². The average Bonchev–Trinajstić information content (AvgIpc) is 3.61. The molecule has 2 aliphatic carbocycles. The van der Waals surface area contributed by atoms with Gasteiger partial charge >= 0.3 is 0 Å². The van der Waals surface area contributed by atoms with Crippen LogP contribution in [0, 0.1) is 0 Å².